The van der Waals surface area contributed by atoms with Gasteiger partial charge in [0.1, 0.15) is 0 Å². The molecule has 0 saturated heterocycles. The van der Waals surface area contributed by atoms with Gasteiger partial charge in [0.05, 0.1) is 5.54 Å². The van der Waals surface area contributed by atoms with Crippen LogP contribution in [0.15, 0.2) is 16.8 Å². The highest BCUT2D eigenvalue weighted by Gasteiger charge is 2.26. The van der Waals surface area contributed by atoms with Crippen LogP contribution in [0.2, 0.25) is 0 Å². The zero-order valence-corrected chi connectivity index (χ0v) is 12.0. The van der Waals surface area contributed by atoms with Crippen LogP contribution in [-0.4, -0.2) is 18.0 Å². The second-order valence-corrected chi connectivity index (χ2v) is 5.08. The van der Waals surface area contributed by atoms with E-state index in [2.05, 4.69) is 16.8 Å². The molecule has 1 rings (SSSR count). The van der Waals surface area contributed by atoms with Crippen molar-refractivity contribution in [2.45, 2.75) is 38.6 Å². The first-order valence-electron chi connectivity index (χ1n) is 5.64. The Balaban J connectivity index is 0.00000256. The summed E-state index contributed by atoms with van der Waals surface area (Å²) in [6.45, 7) is 4.48. The van der Waals surface area contributed by atoms with E-state index in [1.54, 1.807) is 18.3 Å². The molecule has 0 saturated carbocycles. The molecule has 3 nitrogen and oxygen atoms in total. The fourth-order valence-electron chi connectivity index (χ4n) is 1.59. The normalized spacial score (nSPS) is 13.6. The topological polar surface area (TPSA) is 55.1 Å². The van der Waals surface area contributed by atoms with E-state index >= 15 is 0 Å². The van der Waals surface area contributed by atoms with Crippen LogP contribution in [0, 0.1) is 0 Å². The summed E-state index contributed by atoms with van der Waals surface area (Å²) in [7, 11) is 0. The van der Waals surface area contributed by atoms with Gasteiger partial charge in [-0.1, -0.05) is 13.3 Å². The molecule has 3 N–H and O–H groups in total. The third-order valence-corrected chi connectivity index (χ3v) is 3.30. The Morgan fingerprint density at radius 3 is 2.82 bits per heavy atom. The van der Waals surface area contributed by atoms with Gasteiger partial charge in [-0.15, -0.1) is 12.4 Å². The lowest BCUT2D eigenvalue weighted by Crippen LogP contribution is -2.51. The third kappa shape index (κ3) is 5.52. The van der Waals surface area contributed by atoms with Crippen molar-refractivity contribution >= 4 is 29.7 Å². The van der Waals surface area contributed by atoms with Crippen molar-refractivity contribution in [3.63, 3.8) is 0 Å². The minimum atomic E-state index is -0.733. The molecule has 1 amide bonds. The first kappa shape index (κ1) is 16.4. The molecule has 0 spiro atoms. The molecule has 0 aromatic carbocycles. The first-order valence-corrected chi connectivity index (χ1v) is 6.59. The third-order valence-electron chi connectivity index (χ3n) is 2.57. The van der Waals surface area contributed by atoms with Gasteiger partial charge in [-0.2, -0.15) is 11.3 Å². The number of halogens is 1. The molecule has 1 unspecified atom stereocenters. The quantitative estimate of drug-likeness (QED) is 0.838. The SMILES string of the molecule is CCCC(C)(N)C(=O)NCCc1ccsc1.Cl. The molecule has 0 bridgehead atoms. The number of nitrogens with two attached hydrogens (primary N) is 1. The lowest BCUT2D eigenvalue weighted by Gasteiger charge is -2.22. The molecule has 1 aromatic rings. The number of nitrogens with one attached hydrogen (secondary N) is 1. The maximum absolute atomic E-state index is 11.7. The standard InChI is InChI=1S/C12H20N2OS.ClH/c1-3-6-12(2,13)11(15)14-7-4-10-5-8-16-9-10;/h5,8-9H,3-4,6-7,13H2,1-2H3,(H,14,15);1H. The molecule has 1 aromatic heterocycles. The van der Waals surface area contributed by atoms with E-state index in [1.807, 2.05) is 12.3 Å². The summed E-state index contributed by atoms with van der Waals surface area (Å²) >= 11 is 1.67. The van der Waals surface area contributed by atoms with Crippen molar-refractivity contribution in [3.8, 4) is 0 Å². The van der Waals surface area contributed by atoms with Gasteiger partial charge in [-0.3, -0.25) is 4.79 Å². The van der Waals surface area contributed by atoms with E-state index < -0.39 is 5.54 Å². The van der Waals surface area contributed by atoms with Crippen molar-refractivity contribution in [2.24, 2.45) is 5.73 Å². The molecule has 0 radical (unpaired) electrons. The summed E-state index contributed by atoms with van der Waals surface area (Å²) in [6, 6.07) is 2.07. The van der Waals surface area contributed by atoms with Gasteiger partial charge in [0, 0.05) is 6.54 Å². The summed E-state index contributed by atoms with van der Waals surface area (Å²) < 4.78 is 0. The number of hydrogen-bond acceptors (Lipinski definition) is 3. The van der Waals surface area contributed by atoms with E-state index in [9.17, 15) is 4.79 Å². The van der Waals surface area contributed by atoms with Crippen LogP contribution in [0.5, 0.6) is 0 Å². The van der Waals surface area contributed by atoms with E-state index in [4.69, 9.17) is 5.73 Å². The highest BCUT2D eigenvalue weighted by molar-refractivity contribution is 7.07. The number of carbonyl (C=O) groups is 1. The minimum absolute atomic E-state index is 0. The van der Waals surface area contributed by atoms with Crippen LogP contribution in [0.25, 0.3) is 0 Å². The predicted molar refractivity (Wildman–Crippen MR) is 75.8 cm³/mol. The smallest absolute Gasteiger partial charge is 0.239 e. The Kier molecular flexibility index (Phi) is 7.43. The molecule has 5 heteroatoms. The molecule has 1 heterocycles. The van der Waals surface area contributed by atoms with Crippen molar-refractivity contribution in [1.29, 1.82) is 0 Å². The maximum Gasteiger partial charge on any atom is 0.239 e. The minimum Gasteiger partial charge on any atom is -0.354 e. The lowest BCUT2D eigenvalue weighted by molar-refractivity contribution is -0.126. The van der Waals surface area contributed by atoms with Crippen LogP contribution in [0.4, 0.5) is 0 Å². The Hall–Kier alpha value is -0.580. The first-order chi connectivity index (χ1) is 7.56. The zero-order chi connectivity index (χ0) is 12.0. The largest absolute Gasteiger partial charge is 0.354 e. The number of carbonyl (C=O) groups excluding carboxylic acids is 1. The average Bonchev–Trinajstić information content (AvgIpc) is 2.70. The second kappa shape index (κ2) is 7.69. The molecule has 17 heavy (non-hydrogen) atoms. The van der Waals surface area contributed by atoms with Crippen LogP contribution in [0.1, 0.15) is 32.3 Å². The summed E-state index contributed by atoms with van der Waals surface area (Å²) in [5.41, 5.74) is 6.45. The summed E-state index contributed by atoms with van der Waals surface area (Å²) in [5.74, 6) is -0.0513. The van der Waals surface area contributed by atoms with Gasteiger partial charge in [0.2, 0.25) is 5.91 Å². The second-order valence-electron chi connectivity index (χ2n) is 4.30. The Labute approximate surface area is 113 Å². The highest BCUT2D eigenvalue weighted by Crippen LogP contribution is 2.09. The van der Waals surface area contributed by atoms with Gasteiger partial charge < -0.3 is 11.1 Å². The van der Waals surface area contributed by atoms with Crippen molar-refractivity contribution < 1.29 is 4.79 Å². The van der Waals surface area contributed by atoms with Crippen LogP contribution in [-0.2, 0) is 11.2 Å². The predicted octanol–water partition coefficient (Wildman–Crippen LogP) is 2.35. The highest BCUT2D eigenvalue weighted by atomic mass is 35.5. The van der Waals surface area contributed by atoms with Crippen LogP contribution < -0.4 is 11.1 Å². The molecular weight excluding hydrogens is 256 g/mol. The monoisotopic (exact) mass is 276 g/mol. The number of rotatable bonds is 6. The molecule has 0 fully saturated rings. The van der Waals surface area contributed by atoms with Crippen LogP contribution >= 0.6 is 23.7 Å². The van der Waals surface area contributed by atoms with Crippen molar-refractivity contribution in [1.82, 2.24) is 5.32 Å². The summed E-state index contributed by atoms with van der Waals surface area (Å²) in [4.78, 5) is 11.7. The van der Waals surface area contributed by atoms with Gasteiger partial charge in [0.25, 0.3) is 0 Å². The Morgan fingerprint density at radius 1 is 1.59 bits per heavy atom. The number of amides is 1. The number of thiophene rings is 1. The average molecular weight is 277 g/mol. The Bertz CT molecular complexity index is 325. The molecule has 1 atom stereocenters. The zero-order valence-electron chi connectivity index (χ0n) is 10.4. The van der Waals surface area contributed by atoms with Gasteiger partial charge in [0.15, 0.2) is 0 Å². The molecule has 98 valence electrons. The fraction of sp³-hybridized carbons (Fsp3) is 0.583. The molecule has 0 aliphatic rings. The summed E-state index contributed by atoms with van der Waals surface area (Å²) in [5, 5.41) is 7.03. The van der Waals surface area contributed by atoms with Gasteiger partial charge in [-0.25, -0.2) is 0 Å². The van der Waals surface area contributed by atoms with E-state index in [-0.39, 0.29) is 18.3 Å². The number of hydrogen-bond donors (Lipinski definition) is 2. The van der Waals surface area contributed by atoms with Crippen molar-refractivity contribution in [2.75, 3.05) is 6.54 Å². The molecule has 0 aliphatic heterocycles. The van der Waals surface area contributed by atoms with Crippen molar-refractivity contribution in [3.05, 3.63) is 22.4 Å². The van der Waals surface area contributed by atoms with E-state index in [0.29, 0.717) is 6.54 Å². The van der Waals surface area contributed by atoms with Gasteiger partial charge in [-0.05, 0) is 42.2 Å². The van der Waals surface area contributed by atoms with Gasteiger partial charge >= 0.3 is 0 Å². The van der Waals surface area contributed by atoms with Crippen LogP contribution in [0.3, 0.4) is 0 Å². The summed E-state index contributed by atoms with van der Waals surface area (Å²) in [6.07, 6.45) is 2.51. The molecule has 0 aliphatic carbocycles. The molecular formula is C12H21ClN2OS. The fourth-order valence-corrected chi connectivity index (χ4v) is 2.29. The maximum atomic E-state index is 11.7. The van der Waals surface area contributed by atoms with E-state index in [0.717, 1.165) is 19.3 Å². The van der Waals surface area contributed by atoms with E-state index in [1.165, 1.54) is 5.56 Å². The lowest BCUT2D eigenvalue weighted by atomic mass is 9.96. The Morgan fingerprint density at radius 2 is 2.29 bits per heavy atom.